The molecule has 1 unspecified atom stereocenters. The largest absolute Gasteiger partial charge is 0.506 e. The molecule has 7 nitrogen and oxygen atoms in total. The minimum Gasteiger partial charge on any atom is -0.506 e. The number of rotatable bonds is 6. The topological polar surface area (TPSA) is 113 Å². The van der Waals surface area contributed by atoms with Gasteiger partial charge >= 0.3 is 0 Å². The van der Waals surface area contributed by atoms with Gasteiger partial charge in [0.1, 0.15) is 16.8 Å². The first kappa shape index (κ1) is 21.4. The van der Waals surface area contributed by atoms with E-state index in [9.17, 15) is 27.5 Å². The maximum absolute atomic E-state index is 14.2. The molecule has 2 rings (SSSR count). The van der Waals surface area contributed by atoms with Crippen molar-refractivity contribution >= 4 is 33.0 Å². The average Bonchev–Trinajstić information content (AvgIpc) is 2.59. The van der Waals surface area contributed by atoms with Gasteiger partial charge in [0.15, 0.2) is 9.84 Å². The molecule has 1 atom stereocenters. The lowest BCUT2D eigenvalue weighted by molar-refractivity contribution is -0.116. The molecule has 0 aliphatic heterocycles. The van der Waals surface area contributed by atoms with Crippen LogP contribution >= 0.6 is 0 Å². The van der Waals surface area contributed by atoms with Gasteiger partial charge in [0.2, 0.25) is 11.8 Å². The molecule has 0 aliphatic rings. The number of halogens is 1. The van der Waals surface area contributed by atoms with Crippen molar-refractivity contribution in [3.8, 4) is 5.75 Å². The van der Waals surface area contributed by atoms with E-state index in [1.165, 1.54) is 26.0 Å². The van der Waals surface area contributed by atoms with Crippen LogP contribution in [-0.4, -0.2) is 30.6 Å². The third kappa shape index (κ3) is 4.66. The lowest BCUT2D eigenvalue weighted by Crippen LogP contribution is -2.35. The SMILES string of the molecule is CCC(C(=O)Nc1cc(O)c(NC(C)=O)cc1F)S(=O)(=O)c1ccc(C)cc1. The number of anilines is 2. The molecule has 9 heteroatoms. The molecule has 28 heavy (non-hydrogen) atoms. The van der Waals surface area contributed by atoms with Crippen molar-refractivity contribution in [2.75, 3.05) is 10.6 Å². The molecular formula is C19H21FN2O5S. The number of benzene rings is 2. The number of nitrogens with one attached hydrogen (secondary N) is 2. The van der Waals surface area contributed by atoms with Crippen LogP contribution in [0, 0.1) is 12.7 Å². The van der Waals surface area contributed by atoms with Crippen molar-refractivity contribution < 1.29 is 27.5 Å². The molecule has 150 valence electrons. The Kier molecular flexibility index (Phi) is 6.40. The second-order valence-electron chi connectivity index (χ2n) is 6.27. The van der Waals surface area contributed by atoms with E-state index in [-0.39, 0.29) is 17.0 Å². The van der Waals surface area contributed by atoms with Crippen molar-refractivity contribution in [2.24, 2.45) is 0 Å². The summed E-state index contributed by atoms with van der Waals surface area (Å²) in [4.78, 5) is 23.6. The number of phenols is 1. The fourth-order valence-electron chi connectivity index (χ4n) is 2.60. The maximum Gasteiger partial charge on any atom is 0.243 e. The van der Waals surface area contributed by atoms with Crippen molar-refractivity contribution in [1.29, 1.82) is 0 Å². The highest BCUT2D eigenvalue weighted by Crippen LogP contribution is 2.30. The predicted octanol–water partition coefficient (Wildman–Crippen LogP) is 2.99. The van der Waals surface area contributed by atoms with Gasteiger partial charge in [-0.3, -0.25) is 9.59 Å². The van der Waals surface area contributed by atoms with Crippen molar-refractivity contribution in [1.82, 2.24) is 0 Å². The summed E-state index contributed by atoms with van der Waals surface area (Å²) in [5.41, 5.74) is 0.310. The Bertz CT molecular complexity index is 1000. The molecule has 0 saturated heterocycles. The highest BCUT2D eigenvalue weighted by atomic mass is 32.2. The molecule has 0 bridgehead atoms. The third-order valence-electron chi connectivity index (χ3n) is 4.04. The maximum atomic E-state index is 14.2. The van der Waals surface area contributed by atoms with E-state index in [4.69, 9.17) is 0 Å². The summed E-state index contributed by atoms with van der Waals surface area (Å²) in [6.45, 7) is 4.53. The van der Waals surface area contributed by atoms with E-state index in [0.29, 0.717) is 0 Å². The average molecular weight is 408 g/mol. The smallest absolute Gasteiger partial charge is 0.243 e. The number of hydrogen-bond acceptors (Lipinski definition) is 5. The van der Waals surface area contributed by atoms with Gasteiger partial charge in [-0.25, -0.2) is 12.8 Å². The molecule has 0 radical (unpaired) electrons. The van der Waals surface area contributed by atoms with Crippen molar-refractivity contribution in [3.63, 3.8) is 0 Å². The Labute approximate surface area is 162 Å². The van der Waals surface area contributed by atoms with Crippen molar-refractivity contribution in [3.05, 3.63) is 47.8 Å². The molecule has 3 N–H and O–H groups in total. The van der Waals surface area contributed by atoms with Crippen LogP contribution in [0.2, 0.25) is 0 Å². The lowest BCUT2D eigenvalue weighted by atomic mass is 10.2. The van der Waals surface area contributed by atoms with Gasteiger partial charge in [-0.2, -0.15) is 0 Å². The summed E-state index contributed by atoms with van der Waals surface area (Å²) in [6.07, 6.45) is -0.0282. The van der Waals surface area contributed by atoms with E-state index in [1.807, 2.05) is 0 Å². The third-order valence-corrected chi connectivity index (χ3v) is 6.27. The van der Waals surface area contributed by atoms with Crippen LogP contribution in [0.15, 0.2) is 41.3 Å². The molecule has 2 aromatic carbocycles. The van der Waals surface area contributed by atoms with Gasteiger partial charge in [0.05, 0.1) is 16.3 Å². The molecule has 0 heterocycles. The first-order valence-electron chi connectivity index (χ1n) is 8.47. The second kappa shape index (κ2) is 8.39. The first-order valence-corrected chi connectivity index (χ1v) is 10.0. The number of aromatic hydroxyl groups is 1. The van der Waals surface area contributed by atoms with Crippen LogP contribution in [-0.2, 0) is 19.4 Å². The van der Waals surface area contributed by atoms with E-state index in [0.717, 1.165) is 17.7 Å². The van der Waals surface area contributed by atoms with Crippen LogP contribution in [0.4, 0.5) is 15.8 Å². The van der Waals surface area contributed by atoms with Gasteiger partial charge in [-0.15, -0.1) is 0 Å². The molecule has 2 amide bonds. The fraction of sp³-hybridized carbons (Fsp3) is 0.263. The van der Waals surface area contributed by atoms with E-state index >= 15 is 0 Å². The summed E-state index contributed by atoms with van der Waals surface area (Å²) in [5, 5.41) is 12.9. The Morgan fingerprint density at radius 1 is 1.11 bits per heavy atom. The number of carbonyl (C=O) groups is 2. The number of hydrogen-bond donors (Lipinski definition) is 3. The normalized spacial score (nSPS) is 12.3. The molecule has 0 spiro atoms. The monoisotopic (exact) mass is 408 g/mol. The van der Waals surface area contributed by atoms with Crippen LogP contribution in [0.5, 0.6) is 5.75 Å². The van der Waals surface area contributed by atoms with Gasteiger partial charge < -0.3 is 15.7 Å². The minimum atomic E-state index is -3.99. The summed E-state index contributed by atoms with van der Waals surface area (Å²) in [5.74, 6) is -2.84. The number of carbonyl (C=O) groups excluding carboxylic acids is 2. The van der Waals surface area contributed by atoms with Gasteiger partial charge in [0.25, 0.3) is 0 Å². The molecule has 2 aromatic rings. The van der Waals surface area contributed by atoms with Gasteiger partial charge in [0, 0.05) is 19.1 Å². The predicted molar refractivity (Wildman–Crippen MR) is 103 cm³/mol. The Morgan fingerprint density at radius 2 is 1.71 bits per heavy atom. The zero-order chi connectivity index (χ0) is 21.1. The lowest BCUT2D eigenvalue weighted by Gasteiger charge is -2.17. The second-order valence-corrected chi connectivity index (χ2v) is 8.41. The molecule has 0 aliphatic carbocycles. The number of aryl methyl sites for hydroxylation is 1. The Balaban J connectivity index is 2.30. The van der Waals surface area contributed by atoms with Crippen molar-refractivity contribution in [2.45, 2.75) is 37.3 Å². The summed E-state index contributed by atoms with van der Waals surface area (Å²) in [7, 11) is -3.99. The fourth-order valence-corrected chi connectivity index (χ4v) is 4.22. The van der Waals surface area contributed by atoms with Crippen LogP contribution < -0.4 is 10.6 Å². The molecule has 0 fully saturated rings. The minimum absolute atomic E-state index is 0.00979. The van der Waals surface area contributed by atoms with Crippen LogP contribution in [0.25, 0.3) is 0 Å². The number of phenolic OH excluding ortho intramolecular Hbond substituents is 1. The van der Waals surface area contributed by atoms with Crippen LogP contribution in [0.1, 0.15) is 25.8 Å². The highest BCUT2D eigenvalue weighted by Gasteiger charge is 2.33. The Hall–Kier alpha value is -2.94. The zero-order valence-corrected chi connectivity index (χ0v) is 16.4. The Morgan fingerprint density at radius 3 is 2.25 bits per heavy atom. The van der Waals surface area contributed by atoms with E-state index in [2.05, 4.69) is 10.6 Å². The quantitative estimate of drug-likeness (QED) is 0.636. The van der Waals surface area contributed by atoms with Gasteiger partial charge in [-0.05, 0) is 25.5 Å². The highest BCUT2D eigenvalue weighted by molar-refractivity contribution is 7.92. The summed E-state index contributed by atoms with van der Waals surface area (Å²) in [6, 6.07) is 7.81. The molecule has 0 saturated carbocycles. The van der Waals surface area contributed by atoms with E-state index in [1.54, 1.807) is 19.1 Å². The first-order chi connectivity index (χ1) is 13.1. The van der Waals surface area contributed by atoms with Crippen LogP contribution in [0.3, 0.4) is 0 Å². The van der Waals surface area contributed by atoms with Gasteiger partial charge in [-0.1, -0.05) is 24.6 Å². The summed E-state index contributed by atoms with van der Waals surface area (Å²) < 4.78 is 39.8. The zero-order valence-electron chi connectivity index (χ0n) is 15.6. The standard InChI is InChI=1S/C19H21FN2O5S/c1-4-18(28(26,27)13-7-5-11(2)6-8-13)19(25)22-15-10-17(24)16(9-14(15)20)21-12(3)23/h5-10,18,24H,4H2,1-3H3,(H,21,23)(H,22,25). The van der Waals surface area contributed by atoms with E-state index < -0.39 is 44.2 Å². The number of sulfone groups is 1. The summed E-state index contributed by atoms with van der Waals surface area (Å²) >= 11 is 0. The molecule has 0 aromatic heterocycles. The number of amides is 2. The molecular weight excluding hydrogens is 387 g/mol.